The summed E-state index contributed by atoms with van der Waals surface area (Å²) in [6.07, 6.45) is 8.38. The lowest BCUT2D eigenvalue weighted by molar-refractivity contribution is -0.150. The second-order valence-electron chi connectivity index (χ2n) is 8.15. The Hall–Kier alpha value is -1.69. The molecule has 0 aromatic carbocycles. The summed E-state index contributed by atoms with van der Waals surface area (Å²) in [6, 6.07) is 0. The maximum absolute atomic E-state index is 11.4. The summed E-state index contributed by atoms with van der Waals surface area (Å²) in [5.74, 6) is -0.490. The molecule has 0 radical (unpaired) electrons. The lowest BCUT2D eigenvalue weighted by Crippen LogP contribution is -2.39. The van der Waals surface area contributed by atoms with Crippen LogP contribution in [0.15, 0.2) is 47.6 Å². The molecule has 0 unspecified atom stereocenters. The molecular weight excluding hydrogens is 344 g/mol. The number of hydrogen-bond acceptors (Lipinski definition) is 5. The van der Waals surface area contributed by atoms with Crippen molar-refractivity contribution in [3.8, 4) is 0 Å². The second kappa shape index (κ2) is 9.00. The molecule has 1 aliphatic carbocycles. The number of esters is 1. The summed E-state index contributed by atoms with van der Waals surface area (Å²) in [5, 5.41) is 20.4. The van der Waals surface area contributed by atoms with Gasteiger partial charge in [-0.2, -0.15) is 0 Å². The lowest BCUT2D eigenvalue weighted by Gasteiger charge is -2.39. The quantitative estimate of drug-likeness (QED) is 0.583. The van der Waals surface area contributed by atoms with Crippen LogP contribution in [0.2, 0.25) is 0 Å². The molecule has 0 amide bonds. The smallest absolute Gasteiger partial charge is 0.303 e. The normalized spacial score (nSPS) is 33.6. The van der Waals surface area contributed by atoms with Gasteiger partial charge in [-0.1, -0.05) is 36.0 Å². The molecule has 1 heterocycles. The highest BCUT2D eigenvalue weighted by molar-refractivity contribution is 5.66. The van der Waals surface area contributed by atoms with Crippen molar-refractivity contribution >= 4 is 5.97 Å². The average molecular weight is 376 g/mol. The van der Waals surface area contributed by atoms with Crippen LogP contribution in [0.3, 0.4) is 0 Å². The minimum Gasteiger partial charge on any atom is -0.458 e. The van der Waals surface area contributed by atoms with E-state index in [9.17, 15) is 15.0 Å². The number of fused-ring (bicyclic) bond motifs is 1. The molecule has 0 spiro atoms. The van der Waals surface area contributed by atoms with Crippen molar-refractivity contribution in [1.82, 2.24) is 0 Å². The van der Waals surface area contributed by atoms with Crippen molar-refractivity contribution < 1.29 is 24.5 Å². The van der Waals surface area contributed by atoms with E-state index in [0.717, 1.165) is 29.6 Å². The van der Waals surface area contributed by atoms with E-state index in [4.69, 9.17) is 9.47 Å². The molecule has 0 aromatic heterocycles. The number of rotatable bonds is 3. The van der Waals surface area contributed by atoms with E-state index in [1.807, 2.05) is 25.2 Å². The zero-order valence-electron chi connectivity index (χ0n) is 16.8. The summed E-state index contributed by atoms with van der Waals surface area (Å²) in [5.41, 5.74) is 2.17. The van der Waals surface area contributed by atoms with E-state index >= 15 is 0 Å². The first-order chi connectivity index (χ1) is 12.6. The average Bonchev–Trinajstić information content (AvgIpc) is 2.57. The number of aliphatic hydroxyl groups excluding tert-OH is 1. The molecule has 4 atom stereocenters. The molecule has 1 aliphatic heterocycles. The number of allylic oxidation sites excluding steroid dienone is 3. The maximum Gasteiger partial charge on any atom is 0.303 e. The Balaban J connectivity index is 2.30. The van der Waals surface area contributed by atoms with Crippen LogP contribution < -0.4 is 0 Å². The van der Waals surface area contributed by atoms with Crippen molar-refractivity contribution in [1.29, 1.82) is 0 Å². The Bertz CT molecular complexity index is 650. The van der Waals surface area contributed by atoms with E-state index in [1.54, 1.807) is 19.9 Å². The first-order valence-corrected chi connectivity index (χ1v) is 9.49. The molecule has 1 saturated heterocycles. The molecule has 0 saturated carbocycles. The first kappa shape index (κ1) is 21.6. The van der Waals surface area contributed by atoms with Gasteiger partial charge in [0.15, 0.2) is 6.29 Å². The van der Waals surface area contributed by atoms with Crippen LogP contribution >= 0.6 is 0 Å². The van der Waals surface area contributed by atoms with Gasteiger partial charge in [-0.15, -0.1) is 0 Å². The van der Waals surface area contributed by atoms with E-state index in [-0.39, 0.29) is 23.9 Å². The fourth-order valence-electron chi connectivity index (χ4n) is 3.78. The van der Waals surface area contributed by atoms with E-state index < -0.39 is 11.9 Å². The third-order valence-electron chi connectivity index (χ3n) is 5.02. The maximum atomic E-state index is 11.4. The fourth-order valence-corrected chi connectivity index (χ4v) is 3.78. The minimum atomic E-state index is -0.922. The fraction of sp³-hybridized carbons (Fsp3) is 0.591. The first-order valence-electron chi connectivity index (χ1n) is 9.49. The minimum absolute atomic E-state index is 0.0899. The number of aliphatic hydroxyl groups is 2. The summed E-state index contributed by atoms with van der Waals surface area (Å²) in [6.45, 7) is 11.4. The second-order valence-corrected chi connectivity index (χ2v) is 8.15. The van der Waals surface area contributed by atoms with Gasteiger partial charge in [0.05, 0.1) is 12.2 Å². The van der Waals surface area contributed by atoms with E-state index in [1.165, 1.54) is 6.92 Å². The van der Waals surface area contributed by atoms with Gasteiger partial charge in [0, 0.05) is 19.3 Å². The molecule has 1 fully saturated rings. The predicted octanol–water partition coefficient (Wildman–Crippen LogP) is 3.44. The monoisotopic (exact) mass is 376 g/mol. The van der Waals surface area contributed by atoms with Crippen LogP contribution in [-0.2, 0) is 14.3 Å². The number of hydrogen-bond donors (Lipinski definition) is 2. The standard InChI is InChI=1S/C22H32O5/c1-14-8-9-19-17(7-6-10-22(4,5)25)13-26-21(24)20(19)15(2)12-18(11-14)27-16(3)23/h6-7,10-11,18-21,24-25H,2,8-9,12-13H2,1,3-5H3/b10-6+,14-11-,17-7+/t18-,19+,20-,21-/m0/s1. The van der Waals surface area contributed by atoms with Gasteiger partial charge in [-0.25, -0.2) is 0 Å². The van der Waals surface area contributed by atoms with Crippen molar-refractivity contribution in [2.24, 2.45) is 11.8 Å². The van der Waals surface area contributed by atoms with Crippen LogP contribution in [-0.4, -0.2) is 40.8 Å². The SMILES string of the molecule is C=C1C[C@@H](OC(C)=O)/C=C(/C)CC[C@@H]2/C(=C/C=C/C(C)(C)O)CO[C@H](O)[C@@H]12. The topological polar surface area (TPSA) is 76.0 Å². The van der Waals surface area contributed by atoms with E-state index in [0.29, 0.717) is 13.0 Å². The molecule has 27 heavy (non-hydrogen) atoms. The molecule has 5 heteroatoms. The Morgan fingerprint density at radius 2 is 2.15 bits per heavy atom. The van der Waals surface area contributed by atoms with E-state index in [2.05, 4.69) is 6.58 Å². The highest BCUT2D eigenvalue weighted by Gasteiger charge is 2.38. The summed E-state index contributed by atoms with van der Waals surface area (Å²) in [4.78, 5) is 11.4. The molecule has 0 bridgehead atoms. The molecule has 2 aliphatic rings. The molecule has 2 rings (SSSR count). The van der Waals surface area contributed by atoms with Gasteiger partial charge in [0.2, 0.25) is 0 Å². The Kier molecular flexibility index (Phi) is 7.20. The molecule has 2 N–H and O–H groups in total. The van der Waals surface area contributed by atoms with Crippen LogP contribution in [0.4, 0.5) is 0 Å². The molecule has 150 valence electrons. The van der Waals surface area contributed by atoms with Gasteiger partial charge >= 0.3 is 5.97 Å². The van der Waals surface area contributed by atoms with Crippen LogP contribution in [0, 0.1) is 11.8 Å². The Labute approximate surface area is 162 Å². The highest BCUT2D eigenvalue weighted by atomic mass is 16.6. The number of carbonyl (C=O) groups is 1. The van der Waals surface area contributed by atoms with Gasteiger partial charge in [-0.3, -0.25) is 4.79 Å². The Morgan fingerprint density at radius 3 is 2.78 bits per heavy atom. The number of ether oxygens (including phenoxy) is 2. The molecule has 5 nitrogen and oxygen atoms in total. The van der Waals surface area contributed by atoms with Gasteiger partial charge in [0.1, 0.15) is 6.10 Å². The van der Waals surface area contributed by atoms with Gasteiger partial charge < -0.3 is 19.7 Å². The van der Waals surface area contributed by atoms with Gasteiger partial charge in [-0.05, 0) is 51.2 Å². The summed E-state index contributed by atoms with van der Waals surface area (Å²) < 4.78 is 11.0. The molecular formula is C22H32O5. The van der Waals surface area contributed by atoms with Crippen molar-refractivity contribution in [2.75, 3.05) is 6.61 Å². The van der Waals surface area contributed by atoms with Crippen molar-refractivity contribution in [3.05, 3.63) is 47.6 Å². The third kappa shape index (κ3) is 6.45. The van der Waals surface area contributed by atoms with Gasteiger partial charge in [0.25, 0.3) is 0 Å². The Morgan fingerprint density at radius 1 is 1.44 bits per heavy atom. The largest absolute Gasteiger partial charge is 0.458 e. The zero-order valence-corrected chi connectivity index (χ0v) is 16.8. The zero-order chi connectivity index (χ0) is 20.2. The van der Waals surface area contributed by atoms with Crippen LogP contribution in [0.5, 0.6) is 0 Å². The third-order valence-corrected chi connectivity index (χ3v) is 5.02. The predicted molar refractivity (Wildman–Crippen MR) is 105 cm³/mol. The number of carbonyl (C=O) groups excluding carboxylic acids is 1. The molecule has 0 aromatic rings. The summed E-state index contributed by atoms with van der Waals surface area (Å²) >= 11 is 0. The van der Waals surface area contributed by atoms with Crippen LogP contribution in [0.1, 0.15) is 47.0 Å². The summed E-state index contributed by atoms with van der Waals surface area (Å²) in [7, 11) is 0. The van der Waals surface area contributed by atoms with Crippen molar-refractivity contribution in [3.63, 3.8) is 0 Å². The lowest BCUT2D eigenvalue weighted by atomic mass is 9.75. The van der Waals surface area contributed by atoms with Crippen molar-refractivity contribution in [2.45, 2.75) is 65.0 Å². The highest BCUT2D eigenvalue weighted by Crippen LogP contribution is 2.41. The van der Waals surface area contributed by atoms with Crippen LogP contribution in [0.25, 0.3) is 0 Å².